The molecular formula is C13H22N2O4. The number of hydrogen-bond donors (Lipinski definition) is 1. The van der Waals surface area contributed by atoms with Crippen LogP contribution in [0.2, 0.25) is 0 Å². The summed E-state index contributed by atoms with van der Waals surface area (Å²) in [4.78, 5) is 17.0. The normalized spacial score (nSPS) is 11.6. The van der Waals surface area contributed by atoms with Crippen LogP contribution >= 0.6 is 0 Å². The molecule has 19 heavy (non-hydrogen) atoms. The van der Waals surface area contributed by atoms with Crippen LogP contribution < -0.4 is 0 Å². The molecule has 0 fully saturated rings. The van der Waals surface area contributed by atoms with Gasteiger partial charge in [0.1, 0.15) is 6.10 Å². The fraction of sp³-hybridized carbons (Fsp3) is 0.615. The molecule has 1 aromatic heterocycles. The molecule has 0 bridgehead atoms. The lowest BCUT2D eigenvalue weighted by Crippen LogP contribution is -2.16. The number of aryl methyl sites for hydroxylation is 1. The van der Waals surface area contributed by atoms with Gasteiger partial charge in [-0.05, 0) is 18.4 Å². The molecule has 0 saturated heterocycles. The molecule has 0 aliphatic rings. The Morgan fingerprint density at radius 2 is 1.84 bits per heavy atom. The number of nitrogens with zero attached hydrogens (tertiary/aromatic N) is 2. The average Bonchev–Trinajstić information content (AvgIpc) is 2.37. The molecule has 0 amide bonds. The highest BCUT2D eigenvalue weighted by atomic mass is 16.5. The van der Waals surface area contributed by atoms with Crippen molar-refractivity contribution in [2.75, 3.05) is 20.3 Å². The molecule has 108 valence electrons. The SMILES string of the molecule is COCCO[C@H](c1ncc(C)cn1)C(C)C.O=CO. The number of ether oxygens (including phenoxy) is 2. The molecule has 1 rings (SSSR count). The van der Waals surface area contributed by atoms with Crippen molar-refractivity contribution in [3.05, 3.63) is 23.8 Å². The first-order chi connectivity index (χ1) is 9.06. The summed E-state index contributed by atoms with van der Waals surface area (Å²) >= 11 is 0. The van der Waals surface area contributed by atoms with Crippen LogP contribution in [0.3, 0.4) is 0 Å². The summed E-state index contributed by atoms with van der Waals surface area (Å²) in [5.41, 5.74) is 1.06. The zero-order valence-corrected chi connectivity index (χ0v) is 11.9. The lowest BCUT2D eigenvalue weighted by atomic mass is 10.1. The average molecular weight is 270 g/mol. The van der Waals surface area contributed by atoms with Crippen LogP contribution in [0, 0.1) is 12.8 Å². The first kappa shape index (κ1) is 17.5. The van der Waals surface area contributed by atoms with E-state index in [1.165, 1.54) is 0 Å². The van der Waals surface area contributed by atoms with E-state index in [9.17, 15) is 0 Å². The minimum atomic E-state index is -0.250. The van der Waals surface area contributed by atoms with Crippen molar-refractivity contribution in [3.63, 3.8) is 0 Å². The lowest BCUT2D eigenvalue weighted by molar-refractivity contribution is -0.122. The van der Waals surface area contributed by atoms with Crippen molar-refractivity contribution < 1.29 is 19.4 Å². The standard InChI is InChI=1S/C12H20N2O2.CH2O2/c1-9(2)11(16-6-5-15-4)12-13-7-10(3)8-14-12;2-1-3/h7-9,11H,5-6H2,1-4H3;1H,(H,2,3)/t11-;/m0./s1. The van der Waals surface area contributed by atoms with Crippen molar-refractivity contribution >= 4 is 6.47 Å². The fourth-order valence-electron chi connectivity index (χ4n) is 1.37. The maximum Gasteiger partial charge on any atom is 0.290 e. The zero-order chi connectivity index (χ0) is 14.7. The van der Waals surface area contributed by atoms with Gasteiger partial charge in [0.25, 0.3) is 6.47 Å². The van der Waals surface area contributed by atoms with E-state index in [4.69, 9.17) is 19.4 Å². The van der Waals surface area contributed by atoms with Crippen molar-refractivity contribution in [1.82, 2.24) is 9.97 Å². The van der Waals surface area contributed by atoms with Gasteiger partial charge in [0, 0.05) is 19.5 Å². The number of methoxy groups -OCH3 is 1. The number of rotatable bonds is 6. The van der Waals surface area contributed by atoms with Gasteiger partial charge < -0.3 is 14.6 Å². The van der Waals surface area contributed by atoms with Gasteiger partial charge in [-0.1, -0.05) is 13.8 Å². The summed E-state index contributed by atoms with van der Waals surface area (Å²) in [7, 11) is 1.66. The second kappa shape index (κ2) is 10.4. The summed E-state index contributed by atoms with van der Waals surface area (Å²) in [5.74, 6) is 1.09. The van der Waals surface area contributed by atoms with Crippen LogP contribution in [0.15, 0.2) is 12.4 Å². The Hall–Kier alpha value is -1.53. The molecule has 6 nitrogen and oxygen atoms in total. The highest BCUT2D eigenvalue weighted by Crippen LogP contribution is 2.22. The van der Waals surface area contributed by atoms with Crippen molar-refractivity contribution in [3.8, 4) is 0 Å². The molecule has 6 heteroatoms. The van der Waals surface area contributed by atoms with Gasteiger partial charge in [-0.3, -0.25) is 4.79 Å². The minimum absolute atomic E-state index is 0.0595. The van der Waals surface area contributed by atoms with Crippen LogP contribution in [0.4, 0.5) is 0 Å². The molecule has 0 aromatic carbocycles. The second-order valence-corrected chi connectivity index (χ2v) is 4.25. The second-order valence-electron chi connectivity index (χ2n) is 4.25. The molecule has 1 atom stereocenters. The summed E-state index contributed by atoms with van der Waals surface area (Å²) < 4.78 is 10.7. The predicted molar refractivity (Wildman–Crippen MR) is 70.9 cm³/mol. The molecule has 0 unspecified atom stereocenters. The maximum atomic E-state index is 8.36. The van der Waals surface area contributed by atoms with Gasteiger partial charge in [0.15, 0.2) is 5.82 Å². The third kappa shape index (κ3) is 7.48. The highest BCUT2D eigenvalue weighted by molar-refractivity contribution is 5.32. The number of hydrogen-bond acceptors (Lipinski definition) is 5. The van der Waals surface area contributed by atoms with Gasteiger partial charge in [-0.15, -0.1) is 0 Å². The number of aromatic nitrogens is 2. The number of carbonyl (C=O) groups is 1. The van der Waals surface area contributed by atoms with Gasteiger partial charge in [0.2, 0.25) is 0 Å². The highest BCUT2D eigenvalue weighted by Gasteiger charge is 2.18. The summed E-state index contributed by atoms with van der Waals surface area (Å²) in [6.45, 7) is 7.08. The largest absolute Gasteiger partial charge is 0.483 e. The summed E-state index contributed by atoms with van der Waals surface area (Å²) in [5, 5.41) is 6.89. The third-order valence-electron chi connectivity index (χ3n) is 2.25. The first-order valence-corrected chi connectivity index (χ1v) is 6.03. The molecule has 1 aromatic rings. The van der Waals surface area contributed by atoms with E-state index < -0.39 is 0 Å². The van der Waals surface area contributed by atoms with E-state index in [1.807, 2.05) is 19.3 Å². The molecule has 0 aliphatic carbocycles. The van der Waals surface area contributed by atoms with E-state index in [-0.39, 0.29) is 12.6 Å². The van der Waals surface area contributed by atoms with Gasteiger partial charge in [-0.2, -0.15) is 0 Å². The minimum Gasteiger partial charge on any atom is -0.483 e. The maximum absolute atomic E-state index is 8.36. The third-order valence-corrected chi connectivity index (χ3v) is 2.25. The smallest absolute Gasteiger partial charge is 0.290 e. The Labute approximate surface area is 113 Å². The molecular weight excluding hydrogens is 248 g/mol. The van der Waals surface area contributed by atoms with E-state index in [1.54, 1.807) is 7.11 Å². The Morgan fingerprint density at radius 1 is 1.32 bits per heavy atom. The summed E-state index contributed by atoms with van der Waals surface area (Å²) in [6, 6.07) is 0. The lowest BCUT2D eigenvalue weighted by Gasteiger charge is -2.19. The molecule has 0 saturated carbocycles. The van der Waals surface area contributed by atoms with Crippen molar-refractivity contribution in [2.45, 2.75) is 26.9 Å². The topological polar surface area (TPSA) is 81.5 Å². The fourth-order valence-corrected chi connectivity index (χ4v) is 1.37. The van der Waals surface area contributed by atoms with E-state index in [0.717, 1.165) is 11.4 Å². The van der Waals surface area contributed by atoms with Crippen LogP contribution in [0.1, 0.15) is 31.3 Å². The Bertz CT molecular complexity index is 341. The van der Waals surface area contributed by atoms with E-state index >= 15 is 0 Å². The predicted octanol–water partition coefficient (Wildman–Crippen LogP) is 1.85. The van der Waals surface area contributed by atoms with Gasteiger partial charge >= 0.3 is 0 Å². The van der Waals surface area contributed by atoms with Gasteiger partial charge in [-0.25, -0.2) is 9.97 Å². The molecule has 0 aliphatic heterocycles. The van der Waals surface area contributed by atoms with Crippen molar-refractivity contribution in [2.24, 2.45) is 5.92 Å². The quantitative estimate of drug-likeness (QED) is 0.627. The van der Waals surface area contributed by atoms with Crippen molar-refractivity contribution in [1.29, 1.82) is 0 Å². The van der Waals surface area contributed by atoms with Crippen LogP contribution in [-0.4, -0.2) is 41.9 Å². The Morgan fingerprint density at radius 3 is 2.26 bits per heavy atom. The van der Waals surface area contributed by atoms with Crippen LogP contribution in [-0.2, 0) is 14.3 Å². The van der Waals surface area contributed by atoms with Crippen LogP contribution in [0.5, 0.6) is 0 Å². The molecule has 0 spiro atoms. The van der Waals surface area contributed by atoms with Gasteiger partial charge in [0.05, 0.1) is 13.2 Å². The van der Waals surface area contributed by atoms with E-state index in [2.05, 4.69) is 23.8 Å². The molecule has 1 N–H and O–H groups in total. The zero-order valence-electron chi connectivity index (χ0n) is 11.9. The Balaban J connectivity index is 0.000000982. The molecule has 1 heterocycles. The van der Waals surface area contributed by atoms with E-state index in [0.29, 0.717) is 19.1 Å². The Kier molecular flexibility index (Phi) is 9.56. The molecule has 0 radical (unpaired) electrons. The number of carboxylic acid groups (broad SMARTS) is 1. The van der Waals surface area contributed by atoms with Crippen LogP contribution in [0.25, 0.3) is 0 Å². The summed E-state index contributed by atoms with van der Waals surface area (Å²) in [6.07, 6.45) is 3.57. The first-order valence-electron chi connectivity index (χ1n) is 6.03. The monoisotopic (exact) mass is 270 g/mol.